The molecule has 0 spiro atoms. The van der Waals surface area contributed by atoms with Crippen LogP contribution in [0.1, 0.15) is 47.9 Å². The smallest absolute Gasteiger partial charge is 0.119 e. The molecular weight excluding hydrogens is 260 g/mol. The van der Waals surface area contributed by atoms with Gasteiger partial charge in [0.25, 0.3) is 0 Å². The second kappa shape index (κ2) is 6.29. The lowest BCUT2D eigenvalue weighted by Crippen LogP contribution is -2.29. The molecule has 3 rings (SSSR count). The van der Waals surface area contributed by atoms with Crippen molar-refractivity contribution in [1.29, 1.82) is 0 Å². The van der Waals surface area contributed by atoms with Crippen molar-refractivity contribution in [3.63, 3.8) is 0 Å². The van der Waals surface area contributed by atoms with Gasteiger partial charge in [-0.25, -0.2) is 5.43 Å². The molecule has 0 aliphatic heterocycles. The van der Waals surface area contributed by atoms with Gasteiger partial charge >= 0.3 is 0 Å². The normalized spacial score (nSPS) is 16.3. The van der Waals surface area contributed by atoms with Gasteiger partial charge in [0.1, 0.15) is 5.75 Å². The van der Waals surface area contributed by atoms with Crippen LogP contribution in [-0.4, -0.2) is 7.11 Å². The summed E-state index contributed by atoms with van der Waals surface area (Å²) in [5, 5.41) is 0. The van der Waals surface area contributed by atoms with Gasteiger partial charge in [-0.05, 0) is 47.6 Å². The minimum absolute atomic E-state index is 0.0138. The summed E-state index contributed by atoms with van der Waals surface area (Å²) in [6, 6.07) is 16.8. The van der Waals surface area contributed by atoms with Gasteiger partial charge in [0.2, 0.25) is 0 Å². The zero-order valence-electron chi connectivity index (χ0n) is 12.4. The molecule has 0 amide bonds. The van der Waals surface area contributed by atoms with Crippen LogP contribution in [0.4, 0.5) is 0 Å². The topological polar surface area (TPSA) is 47.3 Å². The number of ether oxygens (including phenoxy) is 1. The van der Waals surface area contributed by atoms with E-state index in [1.807, 2.05) is 18.2 Å². The zero-order valence-corrected chi connectivity index (χ0v) is 12.4. The van der Waals surface area contributed by atoms with E-state index in [0.29, 0.717) is 0 Å². The summed E-state index contributed by atoms with van der Waals surface area (Å²) in [5.74, 6) is 7.39. The Morgan fingerprint density at radius 2 is 1.81 bits per heavy atom. The van der Waals surface area contributed by atoms with Gasteiger partial charge in [0, 0.05) is 0 Å². The van der Waals surface area contributed by atoms with Gasteiger partial charge < -0.3 is 4.74 Å². The fourth-order valence-corrected chi connectivity index (χ4v) is 2.94. The highest BCUT2D eigenvalue weighted by molar-refractivity contribution is 5.38. The third kappa shape index (κ3) is 2.94. The number of nitrogens with one attached hydrogen (secondary N) is 1. The van der Waals surface area contributed by atoms with Crippen LogP contribution in [0.25, 0.3) is 0 Å². The number of hydrogen-bond acceptors (Lipinski definition) is 3. The Balaban J connectivity index is 1.91. The quantitative estimate of drug-likeness (QED) is 0.651. The fraction of sp³-hybridized carbons (Fsp3) is 0.333. The third-order valence-corrected chi connectivity index (χ3v) is 4.41. The van der Waals surface area contributed by atoms with Crippen molar-refractivity contribution in [2.24, 2.45) is 5.84 Å². The van der Waals surface area contributed by atoms with E-state index >= 15 is 0 Å². The maximum absolute atomic E-state index is 5.81. The van der Waals surface area contributed by atoms with Crippen LogP contribution in [0.3, 0.4) is 0 Å². The first-order valence-electron chi connectivity index (χ1n) is 7.51. The molecule has 3 nitrogen and oxygen atoms in total. The van der Waals surface area contributed by atoms with Crippen LogP contribution in [0.2, 0.25) is 0 Å². The molecule has 0 aromatic heterocycles. The molecule has 110 valence electrons. The van der Waals surface area contributed by atoms with E-state index in [-0.39, 0.29) is 6.04 Å². The zero-order chi connectivity index (χ0) is 14.7. The van der Waals surface area contributed by atoms with E-state index in [0.717, 1.165) is 17.2 Å². The molecule has 0 heterocycles. The molecule has 1 aliphatic carbocycles. The Kier molecular flexibility index (Phi) is 4.23. The van der Waals surface area contributed by atoms with Gasteiger partial charge in [0.15, 0.2) is 0 Å². The molecule has 1 aliphatic rings. The number of rotatable bonds is 5. The monoisotopic (exact) mass is 282 g/mol. The minimum Gasteiger partial charge on any atom is -0.497 e. The highest BCUT2D eigenvalue weighted by atomic mass is 16.5. The minimum atomic E-state index is -0.0138. The second-order valence-corrected chi connectivity index (χ2v) is 5.67. The van der Waals surface area contributed by atoms with Gasteiger partial charge in [-0.1, -0.05) is 42.8 Å². The SMILES string of the molecule is COc1cccc(C(NN)c2cccc(C3CCC3)c2)c1. The van der Waals surface area contributed by atoms with Crippen molar-refractivity contribution < 1.29 is 4.74 Å². The van der Waals surface area contributed by atoms with Crippen LogP contribution in [-0.2, 0) is 0 Å². The number of nitrogens with two attached hydrogens (primary N) is 1. The lowest BCUT2D eigenvalue weighted by atomic mass is 9.79. The third-order valence-electron chi connectivity index (χ3n) is 4.41. The summed E-state index contributed by atoms with van der Waals surface area (Å²) in [5.41, 5.74) is 6.68. The molecule has 3 N–H and O–H groups in total. The highest BCUT2D eigenvalue weighted by Crippen LogP contribution is 2.37. The molecule has 1 unspecified atom stereocenters. The van der Waals surface area contributed by atoms with Crippen LogP contribution < -0.4 is 16.0 Å². The highest BCUT2D eigenvalue weighted by Gasteiger charge is 2.21. The van der Waals surface area contributed by atoms with E-state index in [9.17, 15) is 0 Å². The van der Waals surface area contributed by atoms with E-state index < -0.39 is 0 Å². The van der Waals surface area contributed by atoms with Crippen molar-refractivity contribution in [3.8, 4) is 5.75 Å². The van der Waals surface area contributed by atoms with Crippen molar-refractivity contribution in [2.45, 2.75) is 31.2 Å². The average Bonchev–Trinajstić information content (AvgIpc) is 2.47. The van der Waals surface area contributed by atoms with E-state index in [2.05, 4.69) is 35.8 Å². The molecule has 2 aromatic rings. The van der Waals surface area contributed by atoms with E-state index in [1.54, 1.807) is 7.11 Å². The molecule has 1 atom stereocenters. The van der Waals surface area contributed by atoms with Crippen molar-refractivity contribution >= 4 is 0 Å². The van der Waals surface area contributed by atoms with E-state index in [1.165, 1.54) is 30.4 Å². The molecule has 0 bridgehead atoms. The summed E-state index contributed by atoms with van der Waals surface area (Å²) < 4.78 is 5.31. The Bertz CT molecular complexity index is 608. The number of hydrazine groups is 1. The van der Waals surface area contributed by atoms with Crippen LogP contribution in [0.15, 0.2) is 48.5 Å². The van der Waals surface area contributed by atoms with Crippen molar-refractivity contribution in [2.75, 3.05) is 7.11 Å². The largest absolute Gasteiger partial charge is 0.497 e. The summed E-state index contributed by atoms with van der Waals surface area (Å²) >= 11 is 0. The molecule has 1 fully saturated rings. The molecule has 0 saturated heterocycles. The summed E-state index contributed by atoms with van der Waals surface area (Å²) in [6.45, 7) is 0. The maximum atomic E-state index is 5.81. The Morgan fingerprint density at radius 1 is 1.10 bits per heavy atom. The Labute approximate surface area is 126 Å². The van der Waals surface area contributed by atoms with Gasteiger partial charge in [0.05, 0.1) is 13.2 Å². The van der Waals surface area contributed by atoms with Crippen LogP contribution in [0.5, 0.6) is 5.75 Å². The first kappa shape index (κ1) is 14.1. The lowest BCUT2D eigenvalue weighted by molar-refractivity contribution is 0.413. The predicted octanol–water partition coefficient (Wildman–Crippen LogP) is 3.52. The van der Waals surface area contributed by atoms with Gasteiger partial charge in [-0.15, -0.1) is 0 Å². The summed E-state index contributed by atoms with van der Waals surface area (Å²) in [6.07, 6.45) is 3.97. The first-order chi connectivity index (χ1) is 10.3. The maximum Gasteiger partial charge on any atom is 0.119 e. The predicted molar refractivity (Wildman–Crippen MR) is 85.2 cm³/mol. The molecular formula is C18H22N2O. The lowest BCUT2D eigenvalue weighted by Gasteiger charge is -2.27. The van der Waals surface area contributed by atoms with Crippen molar-refractivity contribution in [1.82, 2.24) is 5.43 Å². The van der Waals surface area contributed by atoms with Gasteiger partial charge in [-0.2, -0.15) is 0 Å². The number of benzene rings is 2. The summed E-state index contributed by atoms with van der Waals surface area (Å²) in [4.78, 5) is 0. The second-order valence-electron chi connectivity index (χ2n) is 5.67. The molecule has 1 saturated carbocycles. The van der Waals surface area contributed by atoms with Crippen LogP contribution in [0, 0.1) is 0 Å². The van der Waals surface area contributed by atoms with Crippen LogP contribution >= 0.6 is 0 Å². The van der Waals surface area contributed by atoms with Gasteiger partial charge in [-0.3, -0.25) is 5.84 Å². The Hall–Kier alpha value is -1.84. The average molecular weight is 282 g/mol. The number of hydrogen-bond donors (Lipinski definition) is 2. The molecule has 21 heavy (non-hydrogen) atoms. The molecule has 2 aromatic carbocycles. The first-order valence-corrected chi connectivity index (χ1v) is 7.51. The summed E-state index contributed by atoms with van der Waals surface area (Å²) in [7, 11) is 1.68. The standard InChI is InChI=1S/C18H22N2O/c1-21-17-10-4-9-16(12-17)18(20-19)15-8-3-7-14(11-15)13-5-2-6-13/h3-4,7-13,18,20H,2,5-6,19H2,1H3. The molecule has 3 heteroatoms. The number of methoxy groups -OCH3 is 1. The molecule has 0 radical (unpaired) electrons. The fourth-order valence-electron chi connectivity index (χ4n) is 2.94. The van der Waals surface area contributed by atoms with Crippen molar-refractivity contribution in [3.05, 3.63) is 65.2 Å². The van der Waals surface area contributed by atoms with E-state index in [4.69, 9.17) is 10.6 Å². The Morgan fingerprint density at radius 3 is 2.43 bits per heavy atom.